The van der Waals surface area contributed by atoms with Crippen molar-refractivity contribution in [1.29, 1.82) is 0 Å². The van der Waals surface area contributed by atoms with E-state index in [9.17, 15) is 0 Å². The van der Waals surface area contributed by atoms with Crippen molar-refractivity contribution >= 4 is 23.2 Å². The molecule has 0 bridgehead atoms. The number of hydrogen-bond acceptors (Lipinski definition) is 0. The summed E-state index contributed by atoms with van der Waals surface area (Å²) in [6.07, 6.45) is 0. The molecule has 0 amide bonds. The Labute approximate surface area is 84.0 Å². The third-order valence-corrected chi connectivity index (χ3v) is 6.58. The maximum absolute atomic E-state index is 3.93. The number of benzene rings is 1. The van der Waals surface area contributed by atoms with Crippen molar-refractivity contribution in [3.63, 3.8) is 0 Å². The molecule has 0 fully saturated rings. The van der Waals surface area contributed by atoms with Crippen LogP contribution in [0, 0.1) is 0 Å². The SMILES string of the molecule is C=C(C)c1cc[c]([Ge]([CH3])([CH3])[CH3])cc1. The van der Waals surface area contributed by atoms with E-state index in [1.165, 1.54) is 5.56 Å². The van der Waals surface area contributed by atoms with Gasteiger partial charge in [-0.15, -0.1) is 0 Å². The van der Waals surface area contributed by atoms with Gasteiger partial charge in [0.1, 0.15) is 0 Å². The molecule has 1 heteroatoms. The van der Waals surface area contributed by atoms with E-state index in [1.54, 1.807) is 4.40 Å². The molecule has 0 unspecified atom stereocenters. The molecule has 0 spiro atoms. The van der Waals surface area contributed by atoms with Gasteiger partial charge in [0, 0.05) is 0 Å². The molecule has 0 aliphatic heterocycles. The van der Waals surface area contributed by atoms with Gasteiger partial charge in [0.25, 0.3) is 0 Å². The van der Waals surface area contributed by atoms with E-state index in [2.05, 4.69) is 48.1 Å². The van der Waals surface area contributed by atoms with Crippen molar-refractivity contribution in [2.24, 2.45) is 0 Å². The molecule has 0 aromatic heterocycles. The van der Waals surface area contributed by atoms with Crippen LogP contribution in [0.3, 0.4) is 0 Å². The van der Waals surface area contributed by atoms with Crippen LogP contribution in [0.5, 0.6) is 0 Å². The molecule has 0 aliphatic rings. The molecule has 13 heavy (non-hydrogen) atoms. The zero-order valence-corrected chi connectivity index (χ0v) is 11.1. The minimum atomic E-state index is -1.60. The van der Waals surface area contributed by atoms with Gasteiger partial charge in [0.05, 0.1) is 0 Å². The molecule has 0 saturated heterocycles. The van der Waals surface area contributed by atoms with Gasteiger partial charge in [-0.3, -0.25) is 0 Å². The van der Waals surface area contributed by atoms with Crippen molar-refractivity contribution < 1.29 is 0 Å². The Morgan fingerprint density at radius 2 is 1.54 bits per heavy atom. The molecule has 0 nitrogen and oxygen atoms in total. The summed E-state index contributed by atoms with van der Waals surface area (Å²) in [5.74, 6) is 7.24. The fraction of sp³-hybridized carbons (Fsp3) is 0.333. The second-order valence-electron chi connectivity index (χ2n) is 4.61. The Hall–Kier alpha value is -0.497. The Balaban J connectivity index is 3.01. The third-order valence-electron chi connectivity index (χ3n) is 2.24. The zero-order chi connectivity index (χ0) is 10.1. The van der Waals surface area contributed by atoms with Crippen molar-refractivity contribution in [1.82, 2.24) is 0 Å². The van der Waals surface area contributed by atoms with Gasteiger partial charge in [-0.05, 0) is 0 Å². The Kier molecular flexibility index (Phi) is 3.02. The minimum absolute atomic E-state index is 1.15. The molecule has 0 atom stereocenters. The molecule has 1 aromatic rings. The second-order valence-corrected chi connectivity index (χ2v) is 15.3. The third kappa shape index (κ3) is 2.73. The summed E-state index contributed by atoms with van der Waals surface area (Å²) in [5, 5.41) is 0. The summed E-state index contributed by atoms with van der Waals surface area (Å²) < 4.78 is 1.56. The number of rotatable bonds is 2. The van der Waals surface area contributed by atoms with Gasteiger partial charge in [-0.25, -0.2) is 0 Å². The Bertz CT molecular complexity index is 301. The maximum atomic E-state index is 3.93. The van der Waals surface area contributed by atoms with Gasteiger partial charge in [-0.2, -0.15) is 0 Å². The van der Waals surface area contributed by atoms with Crippen LogP contribution in [0.25, 0.3) is 5.57 Å². The van der Waals surface area contributed by atoms with Gasteiger partial charge in [0.2, 0.25) is 0 Å². The van der Waals surface area contributed by atoms with Crippen molar-refractivity contribution in [3.05, 3.63) is 36.4 Å². The Morgan fingerprint density at radius 3 is 1.85 bits per heavy atom. The van der Waals surface area contributed by atoms with Crippen LogP contribution < -0.4 is 4.40 Å². The van der Waals surface area contributed by atoms with E-state index >= 15 is 0 Å². The average molecular weight is 235 g/mol. The predicted molar refractivity (Wildman–Crippen MR) is 64.1 cm³/mol. The van der Waals surface area contributed by atoms with E-state index in [0.29, 0.717) is 0 Å². The normalized spacial score (nSPS) is 11.4. The first kappa shape index (κ1) is 10.6. The molecule has 1 rings (SSSR count). The topological polar surface area (TPSA) is 0 Å². The van der Waals surface area contributed by atoms with Crippen LogP contribution in [-0.2, 0) is 0 Å². The molecule has 70 valence electrons. The van der Waals surface area contributed by atoms with Crippen LogP contribution in [0.1, 0.15) is 12.5 Å². The molecule has 0 radical (unpaired) electrons. The van der Waals surface area contributed by atoms with E-state index in [-0.39, 0.29) is 0 Å². The monoisotopic (exact) mass is 236 g/mol. The summed E-state index contributed by atoms with van der Waals surface area (Å²) in [4.78, 5) is 0. The van der Waals surface area contributed by atoms with Crippen LogP contribution in [0.4, 0.5) is 0 Å². The van der Waals surface area contributed by atoms with Crippen molar-refractivity contribution in [3.8, 4) is 0 Å². The summed E-state index contributed by atoms with van der Waals surface area (Å²) in [6.45, 7) is 5.98. The van der Waals surface area contributed by atoms with Gasteiger partial charge in [0.15, 0.2) is 0 Å². The number of hydrogen-bond donors (Lipinski definition) is 0. The first-order valence-electron chi connectivity index (χ1n) is 4.67. The van der Waals surface area contributed by atoms with Crippen LogP contribution >= 0.6 is 0 Å². The molecular formula is C12H18Ge. The van der Waals surface area contributed by atoms with Gasteiger partial charge in [-0.1, -0.05) is 0 Å². The van der Waals surface area contributed by atoms with Gasteiger partial charge >= 0.3 is 83.8 Å². The molecule has 0 saturated carbocycles. The molecular weight excluding hydrogens is 217 g/mol. The van der Waals surface area contributed by atoms with E-state index < -0.39 is 13.3 Å². The summed E-state index contributed by atoms with van der Waals surface area (Å²) in [6, 6.07) is 8.91. The summed E-state index contributed by atoms with van der Waals surface area (Å²) in [5.41, 5.74) is 2.41. The molecule has 0 N–H and O–H groups in total. The van der Waals surface area contributed by atoms with Crippen molar-refractivity contribution in [2.45, 2.75) is 24.2 Å². The Morgan fingerprint density at radius 1 is 1.08 bits per heavy atom. The van der Waals surface area contributed by atoms with Crippen molar-refractivity contribution in [2.75, 3.05) is 0 Å². The summed E-state index contributed by atoms with van der Waals surface area (Å²) in [7, 11) is 0. The standard InChI is InChI=1S/C12H18Ge/c1-10(2)11-6-8-12(9-7-11)13(3,4)5/h6-9H,1H2,2-5H3. The van der Waals surface area contributed by atoms with Gasteiger partial charge < -0.3 is 0 Å². The first-order chi connectivity index (χ1) is 5.91. The average Bonchev–Trinajstić information content (AvgIpc) is 2.03. The van der Waals surface area contributed by atoms with Crippen LogP contribution in [0.15, 0.2) is 30.8 Å². The fourth-order valence-corrected chi connectivity index (χ4v) is 3.70. The first-order valence-corrected chi connectivity index (χ1v) is 12.0. The molecule has 0 aliphatic carbocycles. The molecule has 1 aromatic carbocycles. The van der Waals surface area contributed by atoms with E-state index in [4.69, 9.17) is 0 Å². The van der Waals surface area contributed by atoms with E-state index in [0.717, 1.165) is 5.57 Å². The zero-order valence-electron chi connectivity index (χ0n) is 9.02. The molecule has 0 heterocycles. The van der Waals surface area contributed by atoms with E-state index in [1.807, 2.05) is 6.92 Å². The number of allylic oxidation sites excluding steroid dienone is 1. The van der Waals surface area contributed by atoms with Crippen LogP contribution in [-0.4, -0.2) is 13.3 Å². The quantitative estimate of drug-likeness (QED) is 0.690. The van der Waals surface area contributed by atoms with Crippen LogP contribution in [0.2, 0.25) is 17.3 Å². The fourth-order valence-electron chi connectivity index (χ4n) is 1.25. The predicted octanol–water partition coefficient (Wildman–Crippen LogP) is 3.26. The second kappa shape index (κ2) is 3.71. The summed E-state index contributed by atoms with van der Waals surface area (Å²) >= 11 is -1.60.